The normalized spacial score (nSPS) is 13.1. The van der Waals surface area contributed by atoms with Crippen LogP contribution in [0.5, 0.6) is 0 Å². The van der Waals surface area contributed by atoms with Gasteiger partial charge in [-0.15, -0.1) is 0 Å². The molecule has 0 aromatic carbocycles. The lowest BCUT2D eigenvalue weighted by Gasteiger charge is -2.22. The molecule has 0 bridgehead atoms. The Morgan fingerprint density at radius 1 is 1.53 bits per heavy atom. The average molecular weight is 264 g/mol. The molecule has 0 saturated heterocycles. The second kappa shape index (κ2) is 6.49. The SMILES string of the molecule is COCCn1ccnc1CN(C)C(C)c1ccon1. The molecule has 6 heteroatoms. The van der Waals surface area contributed by atoms with Gasteiger partial charge in [-0.1, -0.05) is 5.16 Å². The number of methoxy groups -OCH3 is 1. The topological polar surface area (TPSA) is 56.3 Å². The van der Waals surface area contributed by atoms with Crippen molar-refractivity contribution in [1.82, 2.24) is 19.6 Å². The van der Waals surface area contributed by atoms with Gasteiger partial charge in [0.1, 0.15) is 17.8 Å². The molecular formula is C13H20N4O2. The van der Waals surface area contributed by atoms with E-state index in [2.05, 4.69) is 33.6 Å². The highest BCUT2D eigenvalue weighted by Crippen LogP contribution is 2.18. The predicted octanol–water partition coefficient (Wildman–Crippen LogP) is 1.71. The molecule has 0 saturated carbocycles. The van der Waals surface area contributed by atoms with Gasteiger partial charge < -0.3 is 13.8 Å². The smallest absolute Gasteiger partial charge is 0.124 e. The van der Waals surface area contributed by atoms with Gasteiger partial charge in [0.15, 0.2) is 0 Å². The molecule has 19 heavy (non-hydrogen) atoms. The van der Waals surface area contributed by atoms with Gasteiger partial charge in [0.05, 0.1) is 19.2 Å². The van der Waals surface area contributed by atoms with E-state index in [1.54, 1.807) is 13.4 Å². The first kappa shape index (κ1) is 13.8. The molecule has 0 amide bonds. The molecule has 0 spiro atoms. The molecule has 0 aliphatic carbocycles. The van der Waals surface area contributed by atoms with Crippen molar-refractivity contribution in [3.8, 4) is 0 Å². The molecule has 1 unspecified atom stereocenters. The lowest BCUT2D eigenvalue weighted by molar-refractivity contribution is 0.182. The first-order valence-electron chi connectivity index (χ1n) is 6.32. The fourth-order valence-electron chi connectivity index (χ4n) is 1.91. The van der Waals surface area contributed by atoms with E-state index in [0.717, 1.165) is 24.6 Å². The van der Waals surface area contributed by atoms with Crippen molar-refractivity contribution >= 4 is 0 Å². The Bertz CT molecular complexity index is 481. The molecule has 6 nitrogen and oxygen atoms in total. The van der Waals surface area contributed by atoms with Crippen molar-refractivity contribution in [2.24, 2.45) is 0 Å². The molecule has 0 aliphatic heterocycles. The second-order valence-corrected chi connectivity index (χ2v) is 4.55. The van der Waals surface area contributed by atoms with E-state index >= 15 is 0 Å². The molecule has 0 N–H and O–H groups in total. The van der Waals surface area contributed by atoms with Crippen molar-refractivity contribution in [2.75, 3.05) is 20.8 Å². The summed E-state index contributed by atoms with van der Waals surface area (Å²) in [5.74, 6) is 1.02. The summed E-state index contributed by atoms with van der Waals surface area (Å²) in [5.41, 5.74) is 0.928. The zero-order valence-corrected chi connectivity index (χ0v) is 11.6. The quantitative estimate of drug-likeness (QED) is 0.762. The summed E-state index contributed by atoms with van der Waals surface area (Å²) in [6, 6.07) is 2.07. The summed E-state index contributed by atoms with van der Waals surface area (Å²) in [6.07, 6.45) is 5.39. The minimum absolute atomic E-state index is 0.186. The van der Waals surface area contributed by atoms with E-state index in [0.29, 0.717) is 6.61 Å². The first-order valence-corrected chi connectivity index (χ1v) is 6.32. The van der Waals surface area contributed by atoms with Crippen LogP contribution < -0.4 is 0 Å². The van der Waals surface area contributed by atoms with E-state index in [1.807, 2.05) is 18.5 Å². The summed E-state index contributed by atoms with van der Waals surface area (Å²) in [4.78, 5) is 6.58. The number of rotatable bonds is 7. The van der Waals surface area contributed by atoms with Crippen molar-refractivity contribution in [1.29, 1.82) is 0 Å². The van der Waals surface area contributed by atoms with E-state index in [1.165, 1.54) is 0 Å². The highest BCUT2D eigenvalue weighted by atomic mass is 16.5. The number of aromatic nitrogens is 3. The molecule has 0 radical (unpaired) electrons. The summed E-state index contributed by atoms with van der Waals surface area (Å²) >= 11 is 0. The van der Waals surface area contributed by atoms with E-state index in [9.17, 15) is 0 Å². The maximum absolute atomic E-state index is 5.10. The van der Waals surface area contributed by atoms with Gasteiger partial charge in [-0.25, -0.2) is 4.98 Å². The molecule has 104 valence electrons. The Labute approximate surface area is 113 Å². The summed E-state index contributed by atoms with van der Waals surface area (Å²) in [7, 11) is 3.75. The lowest BCUT2D eigenvalue weighted by atomic mass is 10.2. The second-order valence-electron chi connectivity index (χ2n) is 4.55. The van der Waals surface area contributed by atoms with Gasteiger partial charge in [-0.2, -0.15) is 0 Å². The Hall–Kier alpha value is -1.66. The highest BCUT2D eigenvalue weighted by Gasteiger charge is 2.16. The molecule has 2 aromatic rings. The summed E-state index contributed by atoms with van der Waals surface area (Å²) in [5, 5.41) is 3.97. The maximum Gasteiger partial charge on any atom is 0.124 e. The zero-order chi connectivity index (χ0) is 13.7. The zero-order valence-electron chi connectivity index (χ0n) is 11.6. The number of hydrogen-bond donors (Lipinski definition) is 0. The van der Waals surface area contributed by atoms with Gasteiger partial charge in [0.2, 0.25) is 0 Å². The van der Waals surface area contributed by atoms with Crippen LogP contribution in [0.4, 0.5) is 0 Å². The molecule has 2 aromatic heterocycles. The monoisotopic (exact) mass is 264 g/mol. The van der Waals surface area contributed by atoms with Crippen molar-refractivity contribution in [3.05, 3.63) is 36.2 Å². The summed E-state index contributed by atoms with van der Waals surface area (Å²) in [6.45, 7) is 4.36. The summed E-state index contributed by atoms with van der Waals surface area (Å²) < 4.78 is 12.1. The lowest BCUT2D eigenvalue weighted by Crippen LogP contribution is -2.24. The minimum Gasteiger partial charge on any atom is -0.383 e. The predicted molar refractivity (Wildman–Crippen MR) is 70.5 cm³/mol. The molecule has 0 aliphatic rings. The number of imidazole rings is 1. The van der Waals surface area contributed by atoms with Crippen molar-refractivity contribution in [2.45, 2.75) is 26.1 Å². The van der Waals surface area contributed by atoms with Crippen LogP contribution in [-0.2, 0) is 17.8 Å². The Morgan fingerprint density at radius 3 is 3.05 bits per heavy atom. The van der Waals surface area contributed by atoms with Crippen molar-refractivity contribution < 1.29 is 9.26 Å². The van der Waals surface area contributed by atoms with Gasteiger partial charge in [-0.3, -0.25) is 4.90 Å². The average Bonchev–Trinajstić information content (AvgIpc) is 3.07. The molecule has 2 rings (SSSR count). The third-order valence-electron chi connectivity index (χ3n) is 3.28. The van der Waals surface area contributed by atoms with E-state index in [-0.39, 0.29) is 6.04 Å². The highest BCUT2D eigenvalue weighted by molar-refractivity contribution is 5.02. The van der Waals surface area contributed by atoms with Crippen LogP contribution in [0, 0.1) is 0 Å². The van der Waals surface area contributed by atoms with Gasteiger partial charge >= 0.3 is 0 Å². The number of hydrogen-bond acceptors (Lipinski definition) is 5. The molecular weight excluding hydrogens is 244 g/mol. The van der Waals surface area contributed by atoms with Crippen LogP contribution >= 0.6 is 0 Å². The first-order chi connectivity index (χ1) is 9.22. The van der Waals surface area contributed by atoms with Gasteiger partial charge in [0.25, 0.3) is 0 Å². The molecule has 0 fully saturated rings. The van der Waals surface area contributed by atoms with Crippen molar-refractivity contribution in [3.63, 3.8) is 0 Å². The number of nitrogens with zero attached hydrogens (tertiary/aromatic N) is 4. The molecule has 1 atom stereocenters. The van der Waals surface area contributed by atoms with Crippen LogP contribution in [-0.4, -0.2) is 40.4 Å². The fraction of sp³-hybridized carbons (Fsp3) is 0.538. The van der Waals surface area contributed by atoms with E-state index < -0.39 is 0 Å². The molecule has 2 heterocycles. The minimum atomic E-state index is 0.186. The third-order valence-corrected chi connectivity index (χ3v) is 3.28. The van der Waals surface area contributed by atoms with Crippen LogP contribution in [0.2, 0.25) is 0 Å². The largest absolute Gasteiger partial charge is 0.383 e. The van der Waals surface area contributed by atoms with E-state index in [4.69, 9.17) is 9.26 Å². The Morgan fingerprint density at radius 2 is 2.37 bits per heavy atom. The van der Waals surface area contributed by atoms with Crippen LogP contribution in [0.3, 0.4) is 0 Å². The van der Waals surface area contributed by atoms with Gasteiger partial charge in [0, 0.05) is 32.1 Å². The Balaban J connectivity index is 1.98. The van der Waals surface area contributed by atoms with Gasteiger partial charge in [-0.05, 0) is 14.0 Å². The number of ether oxygens (including phenoxy) is 1. The van der Waals surface area contributed by atoms with Crippen LogP contribution in [0.15, 0.2) is 29.2 Å². The standard InChI is InChI=1S/C13H20N4O2/c1-11(12-4-8-19-15-12)16(2)10-13-14-5-6-17(13)7-9-18-3/h4-6,8,11H,7,9-10H2,1-3H3. The third kappa shape index (κ3) is 3.42. The Kier molecular flexibility index (Phi) is 4.70. The fourth-order valence-corrected chi connectivity index (χ4v) is 1.91. The van der Waals surface area contributed by atoms with Crippen LogP contribution in [0.1, 0.15) is 24.5 Å². The van der Waals surface area contributed by atoms with Crippen LogP contribution in [0.25, 0.3) is 0 Å². The maximum atomic E-state index is 5.10.